The van der Waals surface area contributed by atoms with Gasteiger partial charge in [-0.3, -0.25) is 9.59 Å². The van der Waals surface area contributed by atoms with Crippen LogP contribution in [0.2, 0.25) is 0 Å². The summed E-state index contributed by atoms with van der Waals surface area (Å²) in [5, 5.41) is 6.80. The molecule has 0 aliphatic heterocycles. The Morgan fingerprint density at radius 1 is 1.19 bits per heavy atom. The number of hydrogen-bond donors (Lipinski definition) is 1. The van der Waals surface area contributed by atoms with Crippen molar-refractivity contribution < 1.29 is 14.3 Å². The van der Waals surface area contributed by atoms with E-state index in [4.69, 9.17) is 4.74 Å². The Balaban J connectivity index is 1.63. The summed E-state index contributed by atoms with van der Waals surface area (Å²) in [5.74, 6) is 0.487. The quantitative estimate of drug-likeness (QED) is 0.558. The summed E-state index contributed by atoms with van der Waals surface area (Å²) in [4.78, 5) is 31.6. The first-order valence-electron chi connectivity index (χ1n) is 8.18. The van der Waals surface area contributed by atoms with E-state index in [0.717, 1.165) is 17.0 Å². The Kier molecular flexibility index (Phi) is 4.92. The minimum absolute atomic E-state index is 0.154. The minimum atomic E-state index is -0.338. The zero-order valence-corrected chi connectivity index (χ0v) is 14.8. The number of amides is 1. The molecule has 134 valence electrons. The van der Waals surface area contributed by atoms with Crippen molar-refractivity contribution in [3.05, 3.63) is 47.5 Å². The molecule has 0 aliphatic carbocycles. The summed E-state index contributed by atoms with van der Waals surface area (Å²) in [6, 6.07) is 6.65. The van der Waals surface area contributed by atoms with Crippen LogP contribution in [0.5, 0.6) is 5.75 Å². The number of carbonyl (C=O) groups is 2. The molecule has 0 unspecified atom stereocenters. The predicted octanol–water partition coefficient (Wildman–Crippen LogP) is 2.24. The van der Waals surface area contributed by atoms with E-state index < -0.39 is 0 Å². The van der Waals surface area contributed by atoms with E-state index in [-0.39, 0.29) is 18.3 Å². The number of nitrogens with zero attached hydrogens (tertiary/aromatic N) is 4. The molecule has 0 saturated heterocycles. The molecule has 0 fully saturated rings. The number of hydrogen-bond acceptors (Lipinski definition) is 6. The van der Waals surface area contributed by atoms with Crippen molar-refractivity contribution >= 4 is 23.3 Å². The summed E-state index contributed by atoms with van der Waals surface area (Å²) in [7, 11) is 0. The summed E-state index contributed by atoms with van der Waals surface area (Å²) in [6.07, 6.45) is 2.18. The van der Waals surface area contributed by atoms with Crippen LogP contribution in [0.1, 0.15) is 30.3 Å². The number of rotatable bonds is 5. The van der Waals surface area contributed by atoms with E-state index in [1.807, 2.05) is 13.8 Å². The molecule has 1 aromatic carbocycles. The second kappa shape index (κ2) is 7.30. The third-order valence-electron chi connectivity index (χ3n) is 3.97. The van der Waals surface area contributed by atoms with Gasteiger partial charge in [0.25, 0.3) is 5.78 Å². The normalized spacial score (nSPS) is 10.7. The molecule has 3 rings (SSSR count). The number of ether oxygens (including phenoxy) is 1. The van der Waals surface area contributed by atoms with Crippen molar-refractivity contribution in [2.75, 3.05) is 5.32 Å². The second-order valence-corrected chi connectivity index (χ2v) is 5.91. The van der Waals surface area contributed by atoms with Gasteiger partial charge >= 0.3 is 5.97 Å². The smallest absolute Gasteiger partial charge is 0.311 e. The third-order valence-corrected chi connectivity index (χ3v) is 3.97. The lowest BCUT2D eigenvalue weighted by molar-refractivity contribution is -0.134. The van der Waals surface area contributed by atoms with E-state index in [1.165, 1.54) is 13.3 Å². The molecule has 0 aliphatic rings. The highest BCUT2D eigenvalue weighted by Gasteiger charge is 2.13. The van der Waals surface area contributed by atoms with Gasteiger partial charge < -0.3 is 10.1 Å². The van der Waals surface area contributed by atoms with Crippen LogP contribution in [0, 0.1) is 13.8 Å². The number of fused-ring (bicyclic) bond motifs is 1. The van der Waals surface area contributed by atoms with Crippen molar-refractivity contribution in [3.63, 3.8) is 0 Å². The maximum absolute atomic E-state index is 12.1. The van der Waals surface area contributed by atoms with Gasteiger partial charge in [0.2, 0.25) is 5.91 Å². The van der Waals surface area contributed by atoms with Gasteiger partial charge in [0, 0.05) is 24.0 Å². The highest BCUT2D eigenvalue weighted by molar-refractivity contribution is 5.88. The summed E-state index contributed by atoms with van der Waals surface area (Å²) in [6.45, 7) is 5.25. The molecular formula is C18H19N5O3. The van der Waals surface area contributed by atoms with Gasteiger partial charge in [0.05, 0.1) is 6.42 Å². The van der Waals surface area contributed by atoms with E-state index >= 15 is 0 Å². The molecule has 2 aromatic heterocycles. The van der Waals surface area contributed by atoms with Crippen LogP contribution in [0.15, 0.2) is 30.6 Å². The van der Waals surface area contributed by atoms with Gasteiger partial charge in [-0.15, -0.1) is 0 Å². The number of aryl methyl sites for hydroxylation is 2. The molecule has 0 spiro atoms. The third kappa shape index (κ3) is 3.85. The molecule has 0 saturated carbocycles. The van der Waals surface area contributed by atoms with Crippen LogP contribution in [-0.2, 0) is 16.0 Å². The lowest BCUT2D eigenvalue weighted by Crippen LogP contribution is -2.12. The van der Waals surface area contributed by atoms with Gasteiger partial charge in [-0.2, -0.15) is 10.1 Å². The topological polar surface area (TPSA) is 98.5 Å². The Morgan fingerprint density at radius 2 is 1.92 bits per heavy atom. The Bertz CT molecular complexity index is 963. The molecule has 0 atom stereocenters. The fraction of sp³-hybridized carbons (Fsp3) is 0.278. The lowest BCUT2D eigenvalue weighted by atomic mass is 10.1. The van der Waals surface area contributed by atoms with Crippen molar-refractivity contribution in [2.24, 2.45) is 0 Å². The standard InChI is InChI=1S/C18H19N5O3/c1-11-16(12(2)23-18(21-11)19-10-20-23)8-9-17(25)26-15-6-4-14(5-7-15)22-13(3)24/h4-7,10H,8-9H2,1-3H3,(H,22,24). The largest absolute Gasteiger partial charge is 0.427 e. The Labute approximate surface area is 150 Å². The molecule has 3 aromatic rings. The summed E-state index contributed by atoms with van der Waals surface area (Å²) >= 11 is 0. The zero-order valence-electron chi connectivity index (χ0n) is 14.8. The van der Waals surface area contributed by atoms with Gasteiger partial charge in [0.1, 0.15) is 12.1 Å². The molecule has 8 nitrogen and oxygen atoms in total. The highest BCUT2D eigenvalue weighted by atomic mass is 16.5. The number of anilines is 1. The van der Waals surface area contributed by atoms with Gasteiger partial charge in [-0.05, 0) is 50.1 Å². The van der Waals surface area contributed by atoms with E-state index in [1.54, 1.807) is 28.8 Å². The fourth-order valence-electron chi connectivity index (χ4n) is 2.74. The van der Waals surface area contributed by atoms with Gasteiger partial charge in [-0.25, -0.2) is 9.50 Å². The maximum Gasteiger partial charge on any atom is 0.311 e. The molecule has 1 N–H and O–H groups in total. The van der Waals surface area contributed by atoms with E-state index in [2.05, 4.69) is 20.4 Å². The summed E-state index contributed by atoms with van der Waals surface area (Å²) in [5.41, 5.74) is 3.35. The summed E-state index contributed by atoms with van der Waals surface area (Å²) < 4.78 is 7.00. The second-order valence-electron chi connectivity index (χ2n) is 5.91. The monoisotopic (exact) mass is 353 g/mol. The molecule has 1 amide bonds. The molecule has 0 bridgehead atoms. The first-order valence-corrected chi connectivity index (χ1v) is 8.18. The van der Waals surface area contributed by atoms with Crippen molar-refractivity contribution in [2.45, 2.75) is 33.6 Å². The van der Waals surface area contributed by atoms with E-state index in [9.17, 15) is 9.59 Å². The molecular weight excluding hydrogens is 334 g/mol. The van der Waals surface area contributed by atoms with Crippen molar-refractivity contribution in [1.82, 2.24) is 19.6 Å². The number of nitrogens with one attached hydrogen (secondary N) is 1. The average Bonchev–Trinajstić information content (AvgIpc) is 3.04. The molecule has 2 heterocycles. The fourth-order valence-corrected chi connectivity index (χ4v) is 2.74. The van der Waals surface area contributed by atoms with Crippen LogP contribution in [0.3, 0.4) is 0 Å². The SMILES string of the molecule is CC(=O)Nc1ccc(OC(=O)CCc2c(C)nc3ncnn3c2C)cc1. The minimum Gasteiger partial charge on any atom is -0.427 e. The average molecular weight is 353 g/mol. The molecule has 8 heteroatoms. The van der Waals surface area contributed by atoms with Crippen LogP contribution in [0.25, 0.3) is 5.78 Å². The van der Waals surface area contributed by atoms with Crippen LogP contribution >= 0.6 is 0 Å². The van der Waals surface area contributed by atoms with Crippen LogP contribution in [-0.4, -0.2) is 31.5 Å². The van der Waals surface area contributed by atoms with Crippen LogP contribution in [0.4, 0.5) is 5.69 Å². The lowest BCUT2D eigenvalue weighted by Gasteiger charge is -2.10. The number of aromatic nitrogens is 4. The Morgan fingerprint density at radius 3 is 2.62 bits per heavy atom. The molecule has 26 heavy (non-hydrogen) atoms. The number of esters is 1. The van der Waals surface area contributed by atoms with Crippen molar-refractivity contribution in [3.8, 4) is 5.75 Å². The van der Waals surface area contributed by atoms with Crippen LogP contribution < -0.4 is 10.1 Å². The Hall–Kier alpha value is -3.29. The first kappa shape index (κ1) is 17.5. The molecule has 0 radical (unpaired) electrons. The van der Waals surface area contributed by atoms with Crippen molar-refractivity contribution in [1.29, 1.82) is 0 Å². The first-order chi connectivity index (χ1) is 12.4. The predicted molar refractivity (Wildman–Crippen MR) is 95.0 cm³/mol. The van der Waals surface area contributed by atoms with Gasteiger partial charge in [0.15, 0.2) is 0 Å². The maximum atomic E-state index is 12.1. The van der Waals surface area contributed by atoms with Gasteiger partial charge in [-0.1, -0.05) is 0 Å². The number of benzene rings is 1. The zero-order chi connectivity index (χ0) is 18.7. The highest BCUT2D eigenvalue weighted by Crippen LogP contribution is 2.18. The van der Waals surface area contributed by atoms with E-state index in [0.29, 0.717) is 23.6 Å². The number of carbonyl (C=O) groups excluding carboxylic acids is 2.